The summed E-state index contributed by atoms with van der Waals surface area (Å²) >= 11 is 0. The predicted octanol–water partition coefficient (Wildman–Crippen LogP) is 5.08. The zero-order valence-electron chi connectivity index (χ0n) is 23.3. The van der Waals surface area contributed by atoms with Crippen LogP contribution in [0.1, 0.15) is 50.0 Å². The van der Waals surface area contributed by atoms with E-state index in [1.807, 2.05) is 35.4 Å². The smallest absolute Gasteiger partial charge is 0.321 e. The van der Waals surface area contributed by atoms with Crippen molar-refractivity contribution in [2.75, 3.05) is 62.7 Å². The number of likely N-dealkylation sites (tertiary alicyclic amines) is 2. The Balaban J connectivity index is 1.02. The molecule has 212 valence electrons. The van der Waals surface area contributed by atoms with Crippen molar-refractivity contribution in [1.29, 1.82) is 0 Å². The monoisotopic (exact) mass is 543 g/mol. The van der Waals surface area contributed by atoms with Crippen molar-refractivity contribution in [2.45, 2.75) is 50.5 Å². The van der Waals surface area contributed by atoms with Gasteiger partial charge in [0.1, 0.15) is 12.4 Å². The van der Waals surface area contributed by atoms with Crippen molar-refractivity contribution in [1.82, 2.24) is 14.8 Å². The van der Waals surface area contributed by atoms with Gasteiger partial charge in [-0.2, -0.15) is 0 Å². The zero-order chi connectivity index (χ0) is 27.3. The van der Waals surface area contributed by atoms with E-state index < -0.39 is 0 Å². The summed E-state index contributed by atoms with van der Waals surface area (Å²) in [7, 11) is 0. The molecule has 40 heavy (non-hydrogen) atoms. The van der Waals surface area contributed by atoms with Gasteiger partial charge in [0.2, 0.25) is 0 Å². The summed E-state index contributed by atoms with van der Waals surface area (Å²) in [6.07, 6.45) is 8.47. The molecule has 1 aromatic heterocycles. The fourth-order valence-electron chi connectivity index (χ4n) is 6.60. The third kappa shape index (κ3) is 6.03. The number of urea groups is 1. The number of benzene rings is 2. The molecule has 1 atom stereocenters. The van der Waals surface area contributed by atoms with E-state index in [2.05, 4.69) is 44.4 Å². The Morgan fingerprint density at radius 2 is 1.75 bits per heavy atom. The highest BCUT2D eigenvalue weighted by molar-refractivity contribution is 5.89. The van der Waals surface area contributed by atoms with Crippen molar-refractivity contribution < 1.29 is 14.6 Å². The minimum Gasteiger partial charge on any atom is -0.492 e. The lowest BCUT2D eigenvalue weighted by Gasteiger charge is -2.32. The van der Waals surface area contributed by atoms with Gasteiger partial charge in [-0.1, -0.05) is 0 Å². The molecule has 2 N–H and O–H groups in total. The number of pyridine rings is 1. The SMILES string of the molecule is O=C(Nc1ccc(N2CCCC2)cc1)N1CCC(c2ccnc3cc(OCCN4CCC[C@H]4CO)ccc23)CC1. The molecule has 0 bridgehead atoms. The quantitative estimate of drug-likeness (QED) is 0.412. The second kappa shape index (κ2) is 12.4. The molecule has 3 saturated heterocycles. The highest BCUT2D eigenvalue weighted by Crippen LogP contribution is 2.34. The molecular formula is C32H41N5O3. The molecule has 0 unspecified atom stereocenters. The minimum absolute atomic E-state index is 0.0204. The lowest BCUT2D eigenvalue weighted by atomic mass is 9.87. The van der Waals surface area contributed by atoms with E-state index in [0.29, 0.717) is 12.5 Å². The minimum atomic E-state index is -0.0204. The van der Waals surface area contributed by atoms with Crippen LogP contribution in [0.3, 0.4) is 0 Å². The first kappa shape index (κ1) is 26.8. The number of nitrogens with one attached hydrogen (secondary N) is 1. The number of amides is 2. The van der Waals surface area contributed by atoms with E-state index in [0.717, 1.165) is 87.3 Å². The zero-order valence-corrected chi connectivity index (χ0v) is 23.3. The molecule has 0 spiro atoms. The molecule has 3 aromatic rings. The number of hydrogen-bond acceptors (Lipinski definition) is 6. The van der Waals surface area contributed by atoms with E-state index in [1.165, 1.54) is 24.1 Å². The number of carbonyl (C=O) groups excluding carboxylic acids is 1. The third-order valence-electron chi connectivity index (χ3n) is 8.92. The number of aliphatic hydroxyl groups is 1. The van der Waals surface area contributed by atoms with Crippen molar-refractivity contribution in [3.63, 3.8) is 0 Å². The maximum absolute atomic E-state index is 13.0. The van der Waals surface area contributed by atoms with E-state index in [4.69, 9.17) is 4.74 Å². The average Bonchev–Trinajstić information content (AvgIpc) is 3.70. The van der Waals surface area contributed by atoms with Gasteiger partial charge >= 0.3 is 6.03 Å². The van der Waals surface area contributed by atoms with Crippen LogP contribution in [0.2, 0.25) is 0 Å². The number of aromatic nitrogens is 1. The number of aliphatic hydroxyl groups excluding tert-OH is 1. The molecule has 2 aromatic carbocycles. The highest BCUT2D eigenvalue weighted by atomic mass is 16.5. The maximum atomic E-state index is 13.0. The number of nitrogens with zero attached hydrogens (tertiary/aromatic N) is 4. The van der Waals surface area contributed by atoms with Crippen molar-refractivity contribution >= 4 is 28.3 Å². The van der Waals surface area contributed by atoms with Gasteiger partial charge in [-0.25, -0.2) is 4.79 Å². The Labute approximate surface area is 236 Å². The topological polar surface area (TPSA) is 81.2 Å². The van der Waals surface area contributed by atoms with Gasteiger partial charge in [-0.3, -0.25) is 9.88 Å². The van der Waals surface area contributed by atoms with Gasteiger partial charge < -0.3 is 25.0 Å². The Bertz CT molecular complexity index is 1290. The standard InChI is InChI=1S/C32H41N5O3/c38-23-27-4-3-17-36(27)20-21-40-28-9-10-30-29(11-14-33-31(30)22-28)24-12-18-37(19-13-24)32(39)34-25-5-7-26(8-6-25)35-15-1-2-16-35/h5-11,14,22,24,27,38H,1-4,12-13,15-21,23H2,(H,34,39)/t27-/m0/s1. The lowest BCUT2D eigenvalue weighted by molar-refractivity contribution is 0.139. The molecule has 3 fully saturated rings. The van der Waals surface area contributed by atoms with Gasteiger partial charge in [0.15, 0.2) is 0 Å². The Hall–Kier alpha value is -3.36. The first-order valence-electron chi connectivity index (χ1n) is 15.0. The highest BCUT2D eigenvalue weighted by Gasteiger charge is 2.26. The largest absolute Gasteiger partial charge is 0.492 e. The van der Waals surface area contributed by atoms with Crippen LogP contribution in [0.4, 0.5) is 16.2 Å². The van der Waals surface area contributed by atoms with Crippen molar-refractivity contribution in [2.24, 2.45) is 0 Å². The summed E-state index contributed by atoms with van der Waals surface area (Å²) < 4.78 is 6.06. The van der Waals surface area contributed by atoms with Gasteiger partial charge in [0, 0.05) is 67.8 Å². The second-order valence-corrected chi connectivity index (χ2v) is 11.4. The van der Waals surface area contributed by atoms with E-state index in [1.54, 1.807) is 0 Å². The molecule has 2 amide bonds. The number of carbonyl (C=O) groups is 1. The molecule has 8 nitrogen and oxygen atoms in total. The van der Waals surface area contributed by atoms with Gasteiger partial charge in [0.05, 0.1) is 12.1 Å². The molecule has 8 heteroatoms. The second-order valence-electron chi connectivity index (χ2n) is 11.4. The summed E-state index contributed by atoms with van der Waals surface area (Å²) in [6, 6.07) is 16.8. The van der Waals surface area contributed by atoms with Crippen LogP contribution in [-0.4, -0.2) is 84.4 Å². The van der Waals surface area contributed by atoms with E-state index in [9.17, 15) is 9.90 Å². The fourth-order valence-corrected chi connectivity index (χ4v) is 6.60. The Morgan fingerprint density at radius 1 is 0.950 bits per heavy atom. The van der Waals surface area contributed by atoms with Gasteiger partial charge in [-0.15, -0.1) is 0 Å². The van der Waals surface area contributed by atoms with Crippen LogP contribution in [-0.2, 0) is 0 Å². The van der Waals surface area contributed by atoms with Crippen LogP contribution in [0.15, 0.2) is 54.7 Å². The lowest BCUT2D eigenvalue weighted by Crippen LogP contribution is -2.40. The number of piperidine rings is 1. The normalized spacial score (nSPS) is 20.4. The first-order valence-corrected chi connectivity index (χ1v) is 15.0. The number of hydrogen-bond donors (Lipinski definition) is 2. The van der Waals surface area contributed by atoms with Crippen molar-refractivity contribution in [3.05, 3.63) is 60.3 Å². The summed E-state index contributed by atoms with van der Waals surface area (Å²) in [5, 5.41) is 13.8. The fraction of sp³-hybridized carbons (Fsp3) is 0.500. The van der Waals surface area contributed by atoms with Gasteiger partial charge in [0.25, 0.3) is 0 Å². The molecule has 0 radical (unpaired) electrons. The number of anilines is 2. The van der Waals surface area contributed by atoms with Crippen molar-refractivity contribution in [3.8, 4) is 5.75 Å². The first-order chi connectivity index (χ1) is 19.7. The van der Waals surface area contributed by atoms with Crippen LogP contribution in [0.25, 0.3) is 10.9 Å². The molecule has 3 aliphatic heterocycles. The number of fused-ring (bicyclic) bond motifs is 1. The number of ether oxygens (including phenoxy) is 1. The molecule has 0 aliphatic carbocycles. The predicted molar refractivity (Wildman–Crippen MR) is 159 cm³/mol. The summed E-state index contributed by atoms with van der Waals surface area (Å²) in [5.74, 6) is 1.23. The molecule has 0 saturated carbocycles. The molecule has 4 heterocycles. The van der Waals surface area contributed by atoms with E-state index in [-0.39, 0.29) is 18.7 Å². The van der Waals surface area contributed by atoms with E-state index >= 15 is 0 Å². The molecule has 6 rings (SSSR count). The Kier molecular flexibility index (Phi) is 8.35. The number of rotatable bonds is 8. The average molecular weight is 544 g/mol. The summed E-state index contributed by atoms with van der Waals surface area (Å²) in [6.45, 7) is 6.39. The van der Waals surface area contributed by atoms with Crippen LogP contribution < -0.4 is 15.0 Å². The Morgan fingerprint density at radius 3 is 2.52 bits per heavy atom. The molecular weight excluding hydrogens is 502 g/mol. The third-order valence-corrected chi connectivity index (χ3v) is 8.92. The maximum Gasteiger partial charge on any atom is 0.321 e. The van der Waals surface area contributed by atoms with Gasteiger partial charge in [-0.05, 0) is 99.0 Å². The molecule has 3 aliphatic rings. The van der Waals surface area contributed by atoms with Crippen LogP contribution in [0.5, 0.6) is 5.75 Å². The van der Waals surface area contributed by atoms with Crippen LogP contribution >= 0.6 is 0 Å². The van der Waals surface area contributed by atoms with Crippen LogP contribution in [0, 0.1) is 0 Å². The summed E-state index contributed by atoms with van der Waals surface area (Å²) in [4.78, 5) is 24.2. The summed E-state index contributed by atoms with van der Waals surface area (Å²) in [5.41, 5.74) is 4.33.